The average molecular weight is 260 g/mol. The first-order chi connectivity index (χ1) is 9.22. The minimum atomic E-state index is 0.114. The van der Waals surface area contributed by atoms with Gasteiger partial charge in [0.2, 0.25) is 11.7 Å². The Morgan fingerprint density at radius 1 is 1.42 bits per heavy atom. The molecule has 2 aromatic rings. The molecular formula is C14H16N2O3. The van der Waals surface area contributed by atoms with Crippen LogP contribution in [0.5, 0.6) is 5.75 Å². The number of rotatable bonds is 6. The molecule has 19 heavy (non-hydrogen) atoms. The van der Waals surface area contributed by atoms with E-state index in [0.717, 1.165) is 17.7 Å². The van der Waals surface area contributed by atoms with Crippen LogP contribution in [0.1, 0.15) is 25.7 Å². The van der Waals surface area contributed by atoms with E-state index in [-0.39, 0.29) is 12.2 Å². The first-order valence-electron chi connectivity index (χ1n) is 6.21. The Labute approximate surface area is 111 Å². The number of Topliss-reactive ketones (excluding diaryl/α,β-unsaturated/α-hetero) is 1. The molecule has 0 unspecified atom stereocenters. The quantitative estimate of drug-likeness (QED) is 0.798. The van der Waals surface area contributed by atoms with Gasteiger partial charge in [-0.25, -0.2) is 0 Å². The van der Waals surface area contributed by atoms with Gasteiger partial charge < -0.3 is 9.26 Å². The molecule has 0 bridgehead atoms. The third-order valence-corrected chi connectivity index (χ3v) is 2.67. The van der Waals surface area contributed by atoms with Crippen LogP contribution in [0, 0.1) is 0 Å². The van der Waals surface area contributed by atoms with Crippen molar-refractivity contribution in [2.24, 2.45) is 0 Å². The first kappa shape index (κ1) is 13.3. The number of nitrogens with zero attached hydrogens (tertiary/aromatic N) is 2. The number of methoxy groups -OCH3 is 1. The second kappa shape index (κ2) is 6.13. The Kier molecular flexibility index (Phi) is 4.28. The van der Waals surface area contributed by atoms with Crippen LogP contribution in [0.2, 0.25) is 0 Å². The zero-order valence-corrected chi connectivity index (χ0v) is 11.0. The van der Waals surface area contributed by atoms with Crippen LogP contribution >= 0.6 is 0 Å². The fourth-order valence-corrected chi connectivity index (χ4v) is 1.74. The highest BCUT2D eigenvalue weighted by Crippen LogP contribution is 2.21. The van der Waals surface area contributed by atoms with Gasteiger partial charge in [-0.05, 0) is 18.6 Å². The van der Waals surface area contributed by atoms with Gasteiger partial charge in [0, 0.05) is 12.0 Å². The zero-order chi connectivity index (χ0) is 13.7. The van der Waals surface area contributed by atoms with Crippen molar-refractivity contribution in [3.05, 3.63) is 30.2 Å². The second-order valence-electron chi connectivity index (χ2n) is 4.21. The third kappa shape index (κ3) is 3.40. The van der Waals surface area contributed by atoms with E-state index in [1.807, 2.05) is 31.2 Å². The number of hydrogen-bond donors (Lipinski definition) is 0. The summed E-state index contributed by atoms with van der Waals surface area (Å²) in [7, 11) is 1.60. The molecule has 1 heterocycles. The summed E-state index contributed by atoms with van der Waals surface area (Å²) in [4.78, 5) is 15.7. The molecule has 100 valence electrons. The number of aromatic nitrogens is 2. The van der Waals surface area contributed by atoms with Crippen molar-refractivity contribution in [1.82, 2.24) is 10.1 Å². The van der Waals surface area contributed by atoms with Crippen molar-refractivity contribution in [2.75, 3.05) is 7.11 Å². The molecule has 0 amide bonds. The van der Waals surface area contributed by atoms with E-state index in [0.29, 0.717) is 18.1 Å². The van der Waals surface area contributed by atoms with E-state index in [1.54, 1.807) is 7.11 Å². The number of hydrogen-bond acceptors (Lipinski definition) is 5. The SMILES string of the molecule is CCCC(=O)Cc1nc(-c2cccc(OC)c2)no1. The Bertz CT molecular complexity index is 563. The van der Waals surface area contributed by atoms with Gasteiger partial charge in [0.1, 0.15) is 11.5 Å². The summed E-state index contributed by atoms with van der Waals surface area (Å²) in [5.74, 6) is 1.67. The summed E-state index contributed by atoms with van der Waals surface area (Å²) < 4.78 is 10.2. The topological polar surface area (TPSA) is 65.2 Å². The predicted octanol–water partition coefficient (Wildman–Crippen LogP) is 2.66. The van der Waals surface area contributed by atoms with Gasteiger partial charge in [0.25, 0.3) is 0 Å². The van der Waals surface area contributed by atoms with Crippen molar-refractivity contribution >= 4 is 5.78 Å². The highest BCUT2D eigenvalue weighted by Gasteiger charge is 2.12. The van der Waals surface area contributed by atoms with E-state index >= 15 is 0 Å². The summed E-state index contributed by atoms with van der Waals surface area (Å²) in [5, 5.41) is 3.88. The molecule has 0 fully saturated rings. The van der Waals surface area contributed by atoms with Crippen molar-refractivity contribution in [2.45, 2.75) is 26.2 Å². The highest BCUT2D eigenvalue weighted by molar-refractivity contribution is 5.79. The van der Waals surface area contributed by atoms with Crippen molar-refractivity contribution < 1.29 is 14.1 Å². The molecule has 0 saturated carbocycles. The monoisotopic (exact) mass is 260 g/mol. The predicted molar refractivity (Wildman–Crippen MR) is 69.9 cm³/mol. The molecule has 1 aromatic heterocycles. The number of ether oxygens (including phenoxy) is 1. The van der Waals surface area contributed by atoms with Gasteiger partial charge in [-0.15, -0.1) is 0 Å². The molecule has 2 rings (SSSR count). The maximum absolute atomic E-state index is 11.5. The highest BCUT2D eigenvalue weighted by atomic mass is 16.5. The first-order valence-corrected chi connectivity index (χ1v) is 6.21. The fraction of sp³-hybridized carbons (Fsp3) is 0.357. The molecule has 5 heteroatoms. The number of carbonyl (C=O) groups is 1. The molecule has 0 saturated heterocycles. The summed E-state index contributed by atoms with van der Waals surface area (Å²) >= 11 is 0. The van der Waals surface area contributed by atoms with Crippen molar-refractivity contribution in [3.63, 3.8) is 0 Å². The van der Waals surface area contributed by atoms with Gasteiger partial charge in [-0.3, -0.25) is 4.79 Å². The van der Waals surface area contributed by atoms with Gasteiger partial charge in [0.15, 0.2) is 0 Å². The number of carbonyl (C=O) groups excluding carboxylic acids is 1. The summed E-state index contributed by atoms with van der Waals surface area (Å²) in [5.41, 5.74) is 0.803. The van der Waals surface area contributed by atoms with Crippen LogP contribution in [-0.4, -0.2) is 23.0 Å². The average Bonchev–Trinajstić information content (AvgIpc) is 2.87. The van der Waals surface area contributed by atoms with Gasteiger partial charge in [-0.1, -0.05) is 24.2 Å². The summed E-state index contributed by atoms with van der Waals surface area (Å²) in [6, 6.07) is 7.38. The van der Waals surface area contributed by atoms with E-state index in [2.05, 4.69) is 10.1 Å². The molecule has 0 spiro atoms. The molecule has 0 N–H and O–H groups in total. The van der Waals surface area contributed by atoms with Gasteiger partial charge in [-0.2, -0.15) is 4.98 Å². The van der Waals surface area contributed by atoms with Crippen LogP contribution in [0.4, 0.5) is 0 Å². The minimum absolute atomic E-state index is 0.114. The second-order valence-corrected chi connectivity index (χ2v) is 4.21. The van der Waals surface area contributed by atoms with Crippen LogP contribution in [0.25, 0.3) is 11.4 Å². The lowest BCUT2D eigenvalue weighted by molar-refractivity contribution is -0.118. The van der Waals surface area contributed by atoms with E-state index in [1.165, 1.54) is 0 Å². The van der Waals surface area contributed by atoms with Crippen molar-refractivity contribution in [1.29, 1.82) is 0 Å². The molecule has 0 atom stereocenters. The minimum Gasteiger partial charge on any atom is -0.497 e. The normalized spacial score (nSPS) is 10.4. The maximum Gasteiger partial charge on any atom is 0.234 e. The molecular weight excluding hydrogens is 244 g/mol. The standard InChI is InChI=1S/C14H16N2O3/c1-3-5-11(17)9-13-15-14(16-19-13)10-6-4-7-12(8-10)18-2/h4,6-8H,3,5,9H2,1-2H3. The Morgan fingerprint density at radius 3 is 3.00 bits per heavy atom. The summed E-state index contributed by atoms with van der Waals surface area (Å²) in [6.07, 6.45) is 1.57. The summed E-state index contributed by atoms with van der Waals surface area (Å²) in [6.45, 7) is 1.97. The molecule has 5 nitrogen and oxygen atoms in total. The van der Waals surface area contributed by atoms with Crippen LogP contribution in [0.3, 0.4) is 0 Å². The van der Waals surface area contributed by atoms with Crippen molar-refractivity contribution in [3.8, 4) is 17.1 Å². The Morgan fingerprint density at radius 2 is 2.26 bits per heavy atom. The Balaban J connectivity index is 2.13. The van der Waals surface area contributed by atoms with Crippen LogP contribution in [0.15, 0.2) is 28.8 Å². The van der Waals surface area contributed by atoms with Gasteiger partial charge >= 0.3 is 0 Å². The Hall–Kier alpha value is -2.17. The third-order valence-electron chi connectivity index (χ3n) is 2.67. The molecule has 1 aromatic carbocycles. The molecule has 0 aliphatic heterocycles. The fourth-order valence-electron chi connectivity index (χ4n) is 1.74. The molecule has 0 radical (unpaired) electrons. The molecule has 0 aliphatic carbocycles. The van der Waals surface area contributed by atoms with Gasteiger partial charge in [0.05, 0.1) is 13.5 Å². The lowest BCUT2D eigenvalue weighted by atomic mass is 10.2. The maximum atomic E-state index is 11.5. The molecule has 0 aliphatic rings. The van der Waals surface area contributed by atoms with Crippen LogP contribution < -0.4 is 4.74 Å². The number of ketones is 1. The largest absolute Gasteiger partial charge is 0.497 e. The van der Waals surface area contributed by atoms with E-state index in [4.69, 9.17) is 9.26 Å². The zero-order valence-electron chi connectivity index (χ0n) is 11.0. The van der Waals surface area contributed by atoms with Crippen LogP contribution in [-0.2, 0) is 11.2 Å². The van der Waals surface area contributed by atoms with E-state index < -0.39 is 0 Å². The number of benzene rings is 1. The smallest absolute Gasteiger partial charge is 0.234 e. The lowest BCUT2D eigenvalue weighted by Gasteiger charge is -1.99. The van der Waals surface area contributed by atoms with E-state index in [9.17, 15) is 4.79 Å². The lowest BCUT2D eigenvalue weighted by Crippen LogP contribution is -2.01.